The van der Waals surface area contributed by atoms with E-state index in [1.165, 1.54) is 16.4 Å². The van der Waals surface area contributed by atoms with E-state index in [9.17, 15) is 17.6 Å². The number of ether oxygens (including phenoxy) is 1. The highest BCUT2D eigenvalue weighted by molar-refractivity contribution is 7.89. The fraction of sp³-hybridized carbons (Fsp3) is 0.240. The van der Waals surface area contributed by atoms with Gasteiger partial charge in [-0.1, -0.05) is 36.4 Å². The molecule has 1 heterocycles. The molecular formula is C25H25FN2O4S. The van der Waals surface area contributed by atoms with Crippen LogP contribution in [0.25, 0.3) is 0 Å². The van der Waals surface area contributed by atoms with Gasteiger partial charge in [-0.2, -0.15) is 4.31 Å². The molecule has 0 saturated heterocycles. The normalized spacial score (nSPS) is 16.1. The van der Waals surface area contributed by atoms with Crippen molar-refractivity contribution in [2.75, 3.05) is 6.61 Å². The minimum atomic E-state index is -4.02. The molecule has 1 aliphatic rings. The monoisotopic (exact) mass is 468 g/mol. The predicted molar refractivity (Wildman–Crippen MR) is 123 cm³/mol. The van der Waals surface area contributed by atoms with Crippen molar-refractivity contribution in [3.63, 3.8) is 0 Å². The number of hydrogen-bond acceptors (Lipinski definition) is 4. The Kier molecular flexibility index (Phi) is 6.76. The van der Waals surface area contributed by atoms with Gasteiger partial charge in [-0.15, -0.1) is 0 Å². The third-order valence-corrected chi connectivity index (χ3v) is 7.50. The molecule has 1 atom stereocenters. The summed E-state index contributed by atoms with van der Waals surface area (Å²) in [5, 5.41) is 2.87. The molecule has 1 aliphatic heterocycles. The summed E-state index contributed by atoms with van der Waals surface area (Å²) < 4.78 is 46.8. The van der Waals surface area contributed by atoms with Crippen molar-refractivity contribution < 1.29 is 22.3 Å². The molecule has 0 radical (unpaired) electrons. The lowest BCUT2D eigenvalue weighted by Crippen LogP contribution is -2.52. The lowest BCUT2D eigenvalue weighted by molar-refractivity contribution is -0.125. The van der Waals surface area contributed by atoms with E-state index in [0.29, 0.717) is 6.61 Å². The van der Waals surface area contributed by atoms with E-state index < -0.39 is 21.9 Å². The number of nitrogens with zero attached hydrogens (tertiary/aromatic N) is 1. The maximum Gasteiger partial charge on any atom is 0.244 e. The minimum Gasteiger partial charge on any atom is -0.494 e. The van der Waals surface area contributed by atoms with Gasteiger partial charge in [0.15, 0.2) is 0 Å². The second kappa shape index (κ2) is 9.72. The maximum absolute atomic E-state index is 13.4. The van der Waals surface area contributed by atoms with E-state index in [1.54, 1.807) is 0 Å². The second-order valence-corrected chi connectivity index (χ2v) is 9.68. The number of halogens is 1. The third kappa shape index (κ3) is 5.07. The van der Waals surface area contributed by atoms with Gasteiger partial charge in [0.1, 0.15) is 17.6 Å². The topological polar surface area (TPSA) is 75.7 Å². The molecule has 0 saturated carbocycles. The summed E-state index contributed by atoms with van der Waals surface area (Å²) in [5.74, 6) is -0.167. The molecule has 0 unspecified atom stereocenters. The number of nitrogens with one attached hydrogen (secondary N) is 1. The van der Waals surface area contributed by atoms with Crippen molar-refractivity contribution in [3.05, 3.63) is 95.3 Å². The number of sulfonamides is 1. The van der Waals surface area contributed by atoms with Crippen molar-refractivity contribution in [2.24, 2.45) is 0 Å². The Bertz CT molecular complexity index is 1230. The molecule has 8 heteroatoms. The molecule has 0 spiro atoms. The molecule has 1 amide bonds. The van der Waals surface area contributed by atoms with E-state index in [0.717, 1.165) is 34.6 Å². The van der Waals surface area contributed by atoms with Crippen molar-refractivity contribution in [2.45, 2.75) is 37.4 Å². The largest absolute Gasteiger partial charge is 0.494 e. The molecule has 0 bridgehead atoms. The summed E-state index contributed by atoms with van der Waals surface area (Å²) in [4.78, 5) is 13.1. The molecule has 4 rings (SSSR count). The number of carbonyl (C=O) groups excluding carboxylic acids is 1. The van der Waals surface area contributed by atoms with Crippen LogP contribution in [0.15, 0.2) is 77.7 Å². The Morgan fingerprint density at radius 2 is 1.70 bits per heavy atom. The summed E-state index contributed by atoms with van der Waals surface area (Å²) in [7, 11) is -4.02. The molecular weight excluding hydrogens is 443 g/mol. The zero-order chi connectivity index (χ0) is 23.4. The Hall–Kier alpha value is -3.23. The van der Waals surface area contributed by atoms with Gasteiger partial charge in [0.25, 0.3) is 0 Å². The number of hydrogen-bond donors (Lipinski definition) is 1. The van der Waals surface area contributed by atoms with Crippen LogP contribution in [0.4, 0.5) is 4.39 Å². The standard InChI is InChI=1S/C25H25FN2O4S/c1-2-32-22-11-7-18(8-12-22)16-27-25(29)24-15-19-5-3-4-6-20(19)17-28(24)33(30,31)23-13-9-21(26)10-14-23/h3-14,24H,2,15-17H2,1H3,(H,27,29)/t24-/m1/s1. The summed E-state index contributed by atoms with van der Waals surface area (Å²) in [6.07, 6.45) is 0.256. The van der Waals surface area contributed by atoms with Crippen LogP contribution in [0.5, 0.6) is 5.75 Å². The van der Waals surface area contributed by atoms with E-state index in [2.05, 4.69) is 5.32 Å². The smallest absolute Gasteiger partial charge is 0.244 e. The Morgan fingerprint density at radius 3 is 2.36 bits per heavy atom. The van der Waals surface area contributed by atoms with Gasteiger partial charge in [-0.25, -0.2) is 12.8 Å². The quantitative estimate of drug-likeness (QED) is 0.574. The van der Waals surface area contributed by atoms with Crippen molar-refractivity contribution in [3.8, 4) is 5.75 Å². The molecule has 6 nitrogen and oxygen atoms in total. The number of rotatable bonds is 7. The summed E-state index contributed by atoms with van der Waals surface area (Å²) in [5.41, 5.74) is 2.65. The van der Waals surface area contributed by atoms with E-state index in [1.807, 2.05) is 55.5 Å². The van der Waals surface area contributed by atoms with Gasteiger partial charge in [0.05, 0.1) is 11.5 Å². The number of fused-ring (bicyclic) bond motifs is 1. The first-order valence-corrected chi connectivity index (χ1v) is 12.2. The maximum atomic E-state index is 13.4. The highest BCUT2D eigenvalue weighted by atomic mass is 32.2. The van der Waals surface area contributed by atoms with Crippen LogP contribution in [0.2, 0.25) is 0 Å². The number of benzene rings is 3. The molecule has 0 aliphatic carbocycles. The van der Waals surface area contributed by atoms with Crippen LogP contribution in [-0.2, 0) is 34.3 Å². The zero-order valence-corrected chi connectivity index (χ0v) is 19.0. The average Bonchev–Trinajstić information content (AvgIpc) is 2.83. The molecule has 3 aromatic rings. The molecule has 172 valence electrons. The first kappa shape index (κ1) is 22.9. The number of carbonyl (C=O) groups is 1. The van der Waals surface area contributed by atoms with Crippen LogP contribution in [-0.4, -0.2) is 31.3 Å². The van der Waals surface area contributed by atoms with Crippen LogP contribution >= 0.6 is 0 Å². The predicted octanol–water partition coefficient (Wildman–Crippen LogP) is 3.66. The van der Waals surface area contributed by atoms with Gasteiger partial charge < -0.3 is 10.1 Å². The van der Waals surface area contributed by atoms with Crippen molar-refractivity contribution in [1.29, 1.82) is 0 Å². The van der Waals surface area contributed by atoms with Crippen LogP contribution in [0, 0.1) is 5.82 Å². The second-order valence-electron chi connectivity index (χ2n) is 7.79. The van der Waals surface area contributed by atoms with Crippen LogP contribution in [0.1, 0.15) is 23.6 Å². The molecule has 0 aromatic heterocycles. The molecule has 3 aromatic carbocycles. The van der Waals surface area contributed by atoms with Gasteiger partial charge in [-0.3, -0.25) is 4.79 Å². The number of amides is 1. The summed E-state index contributed by atoms with van der Waals surface area (Å²) in [6, 6.07) is 18.6. The van der Waals surface area contributed by atoms with E-state index >= 15 is 0 Å². The molecule has 0 fully saturated rings. The lowest BCUT2D eigenvalue weighted by atomic mass is 9.95. The SMILES string of the molecule is CCOc1ccc(CNC(=O)[C@H]2Cc3ccccc3CN2S(=O)(=O)c2ccc(F)cc2)cc1. The molecule has 1 N–H and O–H groups in total. The highest BCUT2D eigenvalue weighted by Crippen LogP contribution is 2.29. The van der Waals surface area contributed by atoms with Crippen LogP contribution < -0.4 is 10.1 Å². The first-order chi connectivity index (χ1) is 15.9. The third-order valence-electron chi connectivity index (χ3n) is 5.63. The fourth-order valence-electron chi connectivity index (χ4n) is 3.89. The van der Waals surface area contributed by atoms with Crippen molar-refractivity contribution >= 4 is 15.9 Å². The van der Waals surface area contributed by atoms with Crippen LogP contribution in [0.3, 0.4) is 0 Å². The Balaban J connectivity index is 1.57. The Labute approximate surface area is 193 Å². The van der Waals surface area contributed by atoms with Gasteiger partial charge in [0.2, 0.25) is 15.9 Å². The summed E-state index contributed by atoms with van der Waals surface area (Å²) >= 11 is 0. The zero-order valence-electron chi connectivity index (χ0n) is 18.2. The van der Waals surface area contributed by atoms with E-state index in [-0.39, 0.29) is 30.3 Å². The van der Waals surface area contributed by atoms with Gasteiger partial charge in [0, 0.05) is 13.1 Å². The van der Waals surface area contributed by atoms with Gasteiger partial charge in [-0.05, 0) is 66.4 Å². The summed E-state index contributed by atoms with van der Waals surface area (Å²) in [6.45, 7) is 2.80. The first-order valence-electron chi connectivity index (χ1n) is 10.7. The lowest BCUT2D eigenvalue weighted by Gasteiger charge is -2.35. The fourth-order valence-corrected chi connectivity index (χ4v) is 5.46. The minimum absolute atomic E-state index is 0.0485. The Morgan fingerprint density at radius 1 is 1.03 bits per heavy atom. The van der Waals surface area contributed by atoms with E-state index in [4.69, 9.17) is 4.74 Å². The average molecular weight is 469 g/mol. The highest BCUT2D eigenvalue weighted by Gasteiger charge is 2.39. The molecule has 33 heavy (non-hydrogen) atoms. The van der Waals surface area contributed by atoms with Gasteiger partial charge >= 0.3 is 0 Å². The van der Waals surface area contributed by atoms with Crippen molar-refractivity contribution in [1.82, 2.24) is 9.62 Å².